The molecule has 0 aliphatic heterocycles. The van der Waals surface area contributed by atoms with Gasteiger partial charge < -0.3 is 10.5 Å². The lowest BCUT2D eigenvalue weighted by Crippen LogP contribution is -2.03. The van der Waals surface area contributed by atoms with Crippen molar-refractivity contribution in [3.05, 3.63) is 60.7 Å². The molecule has 0 fully saturated rings. The van der Waals surface area contributed by atoms with Crippen LogP contribution < -0.4 is 10.5 Å². The Morgan fingerprint density at radius 2 is 1.57 bits per heavy atom. The first-order valence-corrected chi connectivity index (χ1v) is 6.72. The van der Waals surface area contributed by atoms with Gasteiger partial charge in [0.15, 0.2) is 0 Å². The third-order valence-electron chi connectivity index (χ3n) is 3.35. The predicted molar refractivity (Wildman–Crippen MR) is 85.1 cm³/mol. The maximum Gasteiger partial charge on any atom is 0.308 e. The van der Waals surface area contributed by atoms with Crippen molar-refractivity contribution in [1.29, 1.82) is 0 Å². The summed E-state index contributed by atoms with van der Waals surface area (Å²) in [6.07, 6.45) is 0. The number of esters is 1. The molecule has 3 aromatic carbocycles. The summed E-state index contributed by atoms with van der Waals surface area (Å²) in [4.78, 5) is 11.3. The van der Waals surface area contributed by atoms with Crippen molar-refractivity contribution in [3.8, 4) is 16.9 Å². The number of benzene rings is 3. The van der Waals surface area contributed by atoms with E-state index in [0.717, 1.165) is 21.9 Å². The molecule has 104 valence electrons. The van der Waals surface area contributed by atoms with Crippen LogP contribution >= 0.6 is 0 Å². The lowest BCUT2D eigenvalue weighted by atomic mass is 9.96. The fourth-order valence-corrected chi connectivity index (χ4v) is 2.53. The summed E-state index contributed by atoms with van der Waals surface area (Å²) in [7, 11) is 0. The van der Waals surface area contributed by atoms with E-state index in [1.165, 1.54) is 6.92 Å². The number of ether oxygens (including phenoxy) is 1. The monoisotopic (exact) mass is 277 g/mol. The molecule has 0 amide bonds. The number of nitrogen functional groups attached to an aromatic ring is 1. The van der Waals surface area contributed by atoms with Crippen molar-refractivity contribution in [2.45, 2.75) is 6.92 Å². The van der Waals surface area contributed by atoms with E-state index >= 15 is 0 Å². The normalized spacial score (nSPS) is 10.5. The van der Waals surface area contributed by atoms with E-state index in [2.05, 4.69) is 0 Å². The van der Waals surface area contributed by atoms with Crippen LogP contribution in [0.15, 0.2) is 60.7 Å². The fraction of sp³-hybridized carbons (Fsp3) is 0.0556. The molecule has 0 bridgehead atoms. The smallest absolute Gasteiger partial charge is 0.308 e. The number of rotatable bonds is 2. The van der Waals surface area contributed by atoms with E-state index in [1.807, 2.05) is 54.6 Å². The average Bonchev–Trinajstić information content (AvgIpc) is 2.48. The molecule has 21 heavy (non-hydrogen) atoms. The van der Waals surface area contributed by atoms with Crippen LogP contribution in [0.3, 0.4) is 0 Å². The van der Waals surface area contributed by atoms with E-state index in [9.17, 15) is 4.79 Å². The molecule has 3 aromatic rings. The quantitative estimate of drug-likeness (QED) is 0.437. The molecule has 0 atom stereocenters. The van der Waals surface area contributed by atoms with Gasteiger partial charge in [0.25, 0.3) is 0 Å². The maximum absolute atomic E-state index is 11.3. The molecule has 0 aliphatic rings. The van der Waals surface area contributed by atoms with Gasteiger partial charge in [0.05, 0.1) is 0 Å². The van der Waals surface area contributed by atoms with Crippen LogP contribution in [0.4, 0.5) is 5.69 Å². The molecule has 0 heterocycles. The summed E-state index contributed by atoms with van der Waals surface area (Å²) in [6, 6.07) is 19.5. The summed E-state index contributed by atoms with van der Waals surface area (Å²) >= 11 is 0. The van der Waals surface area contributed by atoms with Crippen LogP contribution in [0.1, 0.15) is 6.92 Å². The van der Waals surface area contributed by atoms with E-state index in [-0.39, 0.29) is 5.97 Å². The van der Waals surface area contributed by atoms with Gasteiger partial charge in [-0.3, -0.25) is 4.79 Å². The third kappa shape index (κ3) is 2.46. The minimum Gasteiger partial charge on any atom is -0.426 e. The Morgan fingerprint density at radius 3 is 2.24 bits per heavy atom. The van der Waals surface area contributed by atoms with Crippen molar-refractivity contribution in [2.24, 2.45) is 0 Å². The van der Waals surface area contributed by atoms with Crippen molar-refractivity contribution >= 4 is 22.4 Å². The minimum atomic E-state index is -0.355. The van der Waals surface area contributed by atoms with Crippen LogP contribution in [0.5, 0.6) is 5.75 Å². The highest BCUT2D eigenvalue weighted by Gasteiger charge is 2.13. The number of fused-ring (bicyclic) bond motifs is 1. The number of nitrogens with two attached hydrogens (primary N) is 1. The number of hydrogen-bond acceptors (Lipinski definition) is 3. The lowest BCUT2D eigenvalue weighted by molar-refractivity contribution is -0.131. The molecule has 3 nitrogen and oxygen atoms in total. The van der Waals surface area contributed by atoms with Crippen molar-refractivity contribution in [3.63, 3.8) is 0 Å². The Morgan fingerprint density at radius 1 is 0.952 bits per heavy atom. The minimum absolute atomic E-state index is 0.355. The zero-order valence-electron chi connectivity index (χ0n) is 11.7. The topological polar surface area (TPSA) is 52.3 Å². The average molecular weight is 277 g/mol. The standard InChI is InChI=1S/C18H15NO2/c1-12(20)21-17-11-16(19)18(13-7-3-2-4-8-13)15-10-6-5-9-14(15)17/h2-11H,19H2,1H3. The van der Waals surface area contributed by atoms with Crippen LogP contribution in [-0.2, 0) is 4.79 Å². The Bertz CT molecular complexity index is 810. The Balaban J connectivity index is 2.32. The van der Waals surface area contributed by atoms with Gasteiger partial charge in [-0.1, -0.05) is 54.6 Å². The Hall–Kier alpha value is -2.81. The molecule has 0 saturated heterocycles. The van der Waals surface area contributed by atoms with E-state index < -0.39 is 0 Å². The first kappa shape index (κ1) is 13.2. The number of hydrogen-bond donors (Lipinski definition) is 1. The molecule has 0 aliphatic carbocycles. The largest absolute Gasteiger partial charge is 0.426 e. The zero-order chi connectivity index (χ0) is 14.8. The Kier molecular flexibility index (Phi) is 3.32. The molecule has 0 radical (unpaired) electrons. The molecular weight excluding hydrogens is 262 g/mol. The van der Waals surface area contributed by atoms with E-state index in [1.54, 1.807) is 6.07 Å². The second kappa shape index (κ2) is 5.29. The summed E-state index contributed by atoms with van der Waals surface area (Å²) in [5, 5.41) is 1.85. The van der Waals surface area contributed by atoms with Gasteiger partial charge in [0.1, 0.15) is 5.75 Å². The summed E-state index contributed by atoms with van der Waals surface area (Å²) in [6.45, 7) is 1.38. The van der Waals surface area contributed by atoms with Crippen LogP contribution in [-0.4, -0.2) is 5.97 Å². The number of carbonyl (C=O) groups is 1. The van der Waals surface area contributed by atoms with Gasteiger partial charge >= 0.3 is 5.97 Å². The summed E-state index contributed by atoms with van der Waals surface area (Å²) in [5.74, 6) is 0.141. The van der Waals surface area contributed by atoms with E-state index in [0.29, 0.717) is 11.4 Å². The van der Waals surface area contributed by atoms with E-state index in [4.69, 9.17) is 10.5 Å². The van der Waals surface area contributed by atoms with Gasteiger partial charge in [-0.15, -0.1) is 0 Å². The molecule has 0 spiro atoms. The van der Waals surface area contributed by atoms with Gasteiger partial charge in [0.2, 0.25) is 0 Å². The molecule has 0 aromatic heterocycles. The Labute approximate surface area is 123 Å². The number of anilines is 1. The lowest BCUT2D eigenvalue weighted by Gasteiger charge is -2.14. The molecule has 0 unspecified atom stereocenters. The second-order valence-corrected chi connectivity index (χ2v) is 4.84. The van der Waals surface area contributed by atoms with Gasteiger partial charge in [-0.2, -0.15) is 0 Å². The van der Waals surface area contributed by atoms with Gasteiger partial charge in [-0.05, 0) is 10.9 Å². The maximum atomic E-state index is 11.3. The highest BCUT2D eigenvalue weighted by atomic mass is 16.5. The SMILES string of the molecule is CC(=O)Oc1cc(N)c(-c2ccccc2)c2ccccc12. The predicted octanol–water partition coefficient (Wildman–Crippen LogP) is 4.01. The molecular formula is C18H15NO2. The highest BCUT2D eigenvalue weighted by molar-refractivity contribution is 6.05. The van der Waals surface area contributed by atoms with Crippen LogP contribution in [0.2, 0.25) is 0 Å². The molecule has 3 rings (SSSR count). The summed E-state index contributed by atoms with van der Waals surface area (Å²) < 4.78 is 5.28. The first-order valence-electron chi connectivity index (χ1n) is 6.72. The van der Waals surface area contributed by atoms with Gasteiger partial charge in [-0.25, -0.2) is 0 Å². The third-order valence-corrected chi connectivity index (χ3v) is 3.35. The fourth-order valence-electron chi connectivity index (χ4n) is 2.53. The molecule has 0 saturated carbocycles. The highest BCUT2D eigenvalue weighted by Crippen LogP contribution is 2.39. The van der Waals surface area contributed by atoms with Crippen LogP contribution in [0, 0.1) is 0 Å². The zero-order valence-corrected chi connectivity index (χ0v) is 11.7. The van der Waals surface area contributed by atoms with Crippen molar-refractivity contribution in [1.82, 2.24) is 0 Å². The van der Waals surface area contributed by atoms with Crippen molar-refractivity contribution in [2.75, 3.05) is 5.73 Å². The molecule has 3 heteroatoms. The first-order chi connectivity index (χ1) is 10.2. The van der Waals surface area contributed by atoms with Crippen LogP contribution in [0.25, 0.3) is 21.9 Å². The second-order valence-electron chi connectivity index (χ2n) is 4.84. The number of carbonyl (C=O) groups excluding carboxylic acids is 1. The van der Waals surface area contributed by atoms with Crippen molar-refractivity contribution < 1.29 is 9.53 Å². The van der Waals surface area contributed by atoms with Gasteiger partial charge in [0, 0.05) is 29.6 Å². The summed E-state index contributed by atoms with van der Waals surface area (Å²) in [5.41, 5.74) is 8.80. The molecule has 2 N–H and O–H groups in total.